The second-order valence-electron chi connectivity index (χ2n) is 7.38. The smallest absolute Gasteiger partial charge is 0.255 e. The molecule has 0 aliphatic rings. The third-order valence-electron chi connectivity index (χ3n) is 4.95. The van der Waals surface area contributed by atoms with Gasteiger partial charge in [-0.15, -0.1) is 11.8 Å². The molecule has 1 amide bonds. The minimum atomic E-state index is -1.67. The van der Waals surface area contributed by atoms with E-state index in [0.29, 0.717) is 11.3 Å². The van der Waals surface area contributed by atoms with Crippen molar-refractivity contribution in [3.8, 4) is 0 Å². The molecule has 0 fully saturated rings. The highest BCUT2D eigenvalue weighted by Gasteiger charge is 2.33. The van der Waals surface area contributed by atoms with Gasteiger partial charge in [-0.2, -0.15) is 5.10 Å². The van der Waals surface area contributed by atoms with Crippen molar-refractivity contribution < 1.29 is 18.7 Å². The summed E-state index contributed by atoms with van der Waals surface area (Å²) in [7, 11) is 0. The van der Waals surface area contributed by atoms with Crippen LogP contribution in [0, 0.1) is 11.6 Å². The van der Waals surface area contributed by atoms with Crippen LogP contribution in [0.5, 0.6) is 0 Å². The number of hydrogen-bond acceptors (Lipinski definition) is 5. The van der Waals surface area contributed by atoms with E-state index in [0.717, 1.165) is 17.0 Å². The van der Waals surface area contributed by atoms with Crippen molar-refractivity contribution in [3.05, 3.63) is 108 Å². The van der Waals surface area contributed by atoms with E-state index in [2.05, 4.69) is 15.4 Å². The van der Waals surface area contributed by atoms with E-state index >= 15 is 0 Å². The molecule has 0 spiro atoms. The lowest BCUT2D eigenvalue weighted by molar-refractivity contribution is 0.0360. The molecule has 0 bridgehead atoms. The summed E-state index contributed by atoms with van der Waals surface area (Å²) in [5, 5.41) is 18.2. The predicted octanol–water partition coefficient (Wildman–Crippen LogP) is 4.49. The fourth-order valence-corrected chi connectivity index (χ4v) is 4.27. The van der Waals surface area contributed by atoms with Crippen LogP contribution in [-0.2, 0) is 12.1 Å². The monoisotopic (exact) mass is 466 g/mol. The minimum absolute atomic E-state index is 0.0290. The molecule has 1 atom stereocenters. The molecule has 0 aliphatic heterocycles. The van der Waals surface area contributed by atoms with Gasteiger partial charge in [0.15, 0.2) is 0 Å². The molecule has 2 N–H and O–H groups in total. The number of rotatable bonds is 8. The van der Waals surface area contributed by atoms with Gasteiger partial charge in [-0.05, 0) is 42.5 Å². The van der Waals surface area contributed by atoms with Crippen molar-refractivity contribution in [2.45, 2.75) is 17.0 Å². The van der Waals surface area contributed by atoms with Crippen LogP contribution < -0.4 is 5.32 Å². The Morgan fingerprint density at radius 2 is 1.82 bits per heavy atom. The third-order valence-corrected chi connectivity index (χ3v) is 6.18. The molecule has 4 aromatic rings. The lowest BCUT2D eigenvalue weighted by Gasteiger charge is -2.28. The molecule has 1 unspecified atom stereocenters. The molecule has 9 heteroatoms. The second kappa shape index (κ2) is 9.93. The van der Waals surface area contributed by atoms with Crippen molar-refractivity contribution in [2.24, 2.45) is 0 Å². The number of amides is 1. The van der Waals surface area contributed by atoms with Crippen LogP contribution in [0.3, 0.4) is 0 Å². The van der Waals surface area contributed by atoms with Gasteiger partial charge in [0, 0.05) is 33.5 Å². The number of aliphatic hydroxyl groups is 1. The zero-order valence-corrected chi connectivity index (χ0v) is 18.2. The summed E-state index contributed by atoms with van der Waals surface area (Å²) in [4.78, 5) is 16.9. The van der Waals surface area contributed by atoms with Gasteiger partial charge < -0.3 is 10.4 Å². The summed E-state index contributed by atoms with van der Waals surface area (Å²) in [5.41, 5.74) is -0.527. The molecule has 1 heterocycles. The zero-order chi connectivity index (χ0) is 23.3. The number of anilines is 1. The van der Waals surface area contributed by atoms with E-state index in [1.165, 1.54) is 35.2 Å². The molecule has 0 saturated carbocycles. The molecule has 6 nitrogen and oxygen atoms in total. The summed E-state index contributed by atoms with van der Waals surface area (Å²) in [5.74, 6) is -1.70. The maximum atomic E-state index is 14.5. The van der Waals surface area contributed by atoms with Crippen molar-refractivity contribution in [1.29, 1.82) is 0 Å². The van der Waals surface area contributed by atoms with Gasteiger partial charge in [0.1, 0.15) is 29.9 Å². The fourth-order valence-electron chi connectivity index (χ4n) is 3.29. The maximum absolute atomic E-state index is 14.5. The van der Waals surface area contributed by atoms with E-state index < -0.39 is 17.2 Å². The Kier molecular flexibility index (Phi) is 6.81. The SMILES string of the molecule is O=C(Nc1ccc(SCC(O)(Cn2cncn2)c2ccc(F)cc2F)cc1)c1ccccc1. The number of hydrogen-bond donors (Lipinski definition) is 2. The second-order valence-corrected chi connectivity index (χ2v) is 8.43. The summed E-state index contributed by atoms with van der Waals surface area (Å²) in [6, 6.07) is 19.1. The fraction of sp³-hybridized carbons (Fsp3) is 0.125. The van der Waals surface area contributed by atoms with Crippen LogP contribution >= 0.6 is 11.8 Å². The average Bonchev–Trinajstić information content (AvgIpc) is 3.32. The number of nitrogens with one attached hydrogen (secondary N) is 1. The van der Waals surface area contributed by atoms with Crippen molar-refractivity contribution in [3.63, 3.8) is 0 Å². The molecule has 1 aromatic heterocycles. The minimum Gasteiger partial charge on any atom is -0.382 e. The largest absolute Gasteiger partial charge is 0.382 e. The van der Waals surface area contributed by atoms with E-state index in [9.17, 15) is 18.7 Å². The number of benzene rings is 3. The molecular weight excluding hydrogens is 446 g/mol. The van der Waals surface area contributed by atoms with Crippen LogP contribution in [-0.4, -0.2) is 31.5 Å². The van der Waals surface area contributed by atoms with Gasteiger partial charge >= 0.3 is 0 Å². The first kappa shape index (κ1) is 22.6. The van der Waals surface area contributed by atoms with E-state index in [-0.39, 0.29) is 23.8 Å². The number of carbonyl (C=O) groups excluding carboxylic acids is 1. The molecule has 3 aromatic carbocycles. The van der Waals surface area contributed by atoms with Gasteiger partial charge in [0.05, 0.1) is 6.54 Å². The molecule has 33 heavy (non-hydrogen) atoms. The van der Waals surface area contributed by atoms with Gasteiger partial charge in [0.2, 0.25) is 0 Å². The van der Waals surface area contributed by atoms with Crippen LogP contribution in [0.25, 0.3) is 0 Å². The maximum Gasteiger partial charge on any atom is 0.255 e. The number of aromatic nitrogens is 3. The van der Waals surface area contributed by atoms with Crippen LogP contribution in [0.2, 0.25) is 0 Å². The lowest BCUT2D eigenvalue weighted by Crippen LogP contribution is -2.35. The molecule has 0 radical (unpaired) electrons. The first-order valence-corrected chi connectivity index (χ1v) is 11.0. The Balaban J connectivity index is 1.48. The molecule has 0 aliphatic carbocycles. The third kappa shape index (κ3) is 5.63. The number of nitrogens with zero attached hydrogens (tertiary/aromatic N) is 3. The normalized spacial score (nSPS) is 12.8. The summed E-state index contributed by atoms with van der Waals surface area (Å²) in [6.45, 7) is -0.0617. The summed E-state index contributed by atoms with van der Waals surface area (Å²) >= 11 is 1.30. The first-order chi connectivity index (χ1) is 15.9. The summed E-state index contributed by atoms with van der Waals surface area (Å²) < 4.78 is 29.3. The van der Waals surface area contributed by atoms with E-state index in [4.69, 9.17) is 0 Å². The Labute approximate surface area is 193 Å². The quantitative estimate of drug-likeness (QED) is 0.374. The Morgan fingerprint density at radius 1 is 1.06 bits per heavy atom. The van der Waals surface area contributed by atoms with Crippen LogP contribution in [0.15, 0.2) is 90.3 Å². The van der Waals surface area contributed by atoms with Crippen LogP contribution in [0.4, 0.5) is 14.5 Å². The average molecular weight is 467 g/mol. The molecule has 168 valence electrons. The van der Waals surface area contributed by atoms with Gasteiger partial charge in [-0.1, -0.05) is 24.3 Å². The van der Waals surface area contributed by atoms with Crippen molar-refractivity contribution >= 4 is 23.4 Å². The van der Waals surface area contributed by atoms with E-state index in [1.54, 1.807) is 48.5 Å². The number of carbonyl (C=O) groups is 1. The molecule has 4 rings (SSSR count). The molecular formula is C24H20F2N4O2S. The number of thioether (sulfide) groups is 1. The Hall–Kier alpha value is -3.56. The predicted molar refractivity (Wildman–Crippen MR) is 122 cm³/mol. The highest BCUT2D eigenvalue weighted by atomic mass is 32.2. The van der Waals surface area contributed by atoms with Gasteiger partial charge in [-0.3, -0.25) is 4.79 Å². The topological polar surface area (TPSA) is 80.0 Å². The van der Waals surface area contributed by atoms with Crippen molar-refractivity contribution in [2.75, 3.05) is 11.1 Å². The van der Waals surface area contributed by atoms with Gasteiger partial charge in [-0.25, -0.2) is 18.4 Å². The molecule has 0 saturated heterocycles. The van der Waals surface area contributed by atoms with Crippen molar-refractivity contribution in [1.82, 2.24) is 14.8 Å². The summed E-state index contributed by atoms with van der Waals surface area (Å²) in [6.07, 6.45) is 2.73. The first-order valence-electron chi connectivity index (χ1n) is 10.0. The lowest BCUT2D eigenvalue weighted by atomic mass is 9.95. The Bertz CT molecular complexity index is 1220. The highest BCUT2D eigenvalue weighted by Crippen LogP contribution is 2.33. The standard InChI is InChI=1S/C24H20F2N4O2S/c25-18-6-11-21(22(26)12-18)24(32,13-30-16-27-15-28-30)14-33-20-9-7-19(8-10-20)29-23(31)17-4-2-1-3-5-17/h1-12,15-16,32H,13-14H2,(H,29,31). The van der Waals surface area contributed by atoms with Gasteiger partial charge in [0.25, 0.3) is 5.91 Å². The number of halogens is 2. The zero-order valence-electron chi connectivity index (χ0n) is 17.4. The highest BCUT2D eigenvalue weighted by molar-refractivity contribution is 7.99. The Morgan fingerprint density at radius 3 is 2.48 bits per heavy atom. The van der Waals surface area contributed by atoms with E-state index in [1.807, 2.05) is 6.07 Å². The van der Waals surface area contributed by atoms with Crippen LogP contribution in [0.1, 0.15) is 15.9 Å².